The molecule has 1 aromatic rings. The van der Waals surface area contributed by atoms with E-state index in [1.807, 2.05) is 19.1 Å². The van der Waals surface area contributed by atoms with Crippen LogP contribution in [0.25, 0.3) is 0 Å². The molecule has 2 N–H and O–H groups in total. The van der Waals surface area contributed by atoms with E-state index in [9.17, 15) is 0 Å². The molecule has 3 nitrogen and oxygen atoms in total. The number of ether oxygens (including phenoxy) is 1. The number of rotatable bonds is 8. The standard InChI is InChI=1S/C15H26N2O/c1-4-6-7-13(5-2)11-18-14-8-9-15(12(3)16)17-10-14/h8-10,12-13H,4-7,11,16H2,1-3H3/t12-,13?/m0/s1. The number of nitrogens with two attached hydrogens (primary N) is 1. The summed E-state index contributed by atoms with van der Waals surface area (Å²) in [5.41, 5.74) is 6.66. The van der Waals surface area contributed by atoms with Gasteiger partial charge in [0, 0.05) is 6.04 Å². The van der Waals surface area contributed by atoms with Gasteiger partial charge in [-0.25, -0.2) is 0 Å². The fourth-order valence-corrected chi connectivity index (χ4v) is 1.86. The normalized spacial score (nSPS) is 14.2. The maximum absolute atomic E-state index is 5.79. The van der Waals surface area contributed by atoms with Gasteiger partial charge < -0.3 is 10.5 Å². The van der Waals surface area contributed by atoms with Crippen molar-refractivity contribution in [2.24, 2.45) is 11.7 Å². The van der Waals surface area contributed by atoms with E-state index >= 15 is 0 Å². The molecule has 1 aromatic heterocycles. The van der Waals surface area contributed by atoms with Crippen LogP contribution in [-0.4, -0.2) is 11.6 Å². The fraction of sp³-hybridized carbons (Fsp3) is 0.667. The van der Waals surface area contributed by atoms with E-state index < -0.39 is 0 Å². The molecule has 0 radical (unpaired) electrons. The van der Waals surface area contributed by atoms with Gasteiger partial charge in [-0.2, -0.15) is 0 Å². The first kappa shape index (κ1) is 15.0. The molecule has 0 aliphatic rings. The number of hydrogen-bond donors (Lipinski definition) is 1. The van der Waals surface area contributed by atoms with Crippen LogP contribution < -0.4 is 10.5 Å². The highest BCUT2D eigenvalue weighted by Crippen LogP contribution is 2.17. The van der Waals surface area contributed by atoms with Gasteiger partial charge in [-0.1, -0.05) is 33.1 Å². The van der Waals surface area contributed by atoms with Gasteiger partial charge in [0.15, 0.2) is 0 Å². The number of aromatic nitrogens is 1. The summed E-state index contributed by atoms with van der Waals surface area (Å²) >= 11 is 0. The largest absolute Gasteiger partial charge is 0.492 e. The molecule has 18 heavy (non-hydrogen) atoms. The Morgan fingerprint density at radius 1 is 1.33 bits per heavy atom. The zero-order chi connectivity index (χ0) is 13.4. The molecule has 0 aromatic carbocycles. The van der Waals surface area contributed by atoms with Gasteiger partial charge in [-0.15, -0.1) is 0 Å². The average molecular weight is 250 g/mol. The summed E-state index contributed by atoms with van der Waals surface area (Å²) < 4.78 is 5.79. The second-order valence-corrected chi connectivity index (χ2v) is 4.93. The molecule has 0 amide bonds. The number of nitrogens with zero attached hydrogens (tertiary/aromatic N) is 1. The first-order chi connectivity index (χ1) is 8.67. The highest BCUT2D eigenvalue weighted by atomic mass is 16.5. The van der Waals surface area contributed by atoms with E-state index in [0.717, 1.165) is 18.1 Å². The molecule has 0 saturated heterocycles. The SMILES string of the molecule is CCCCC(CC)COc1ccc([C@H](C)N)nc1. The number of pyridine rings is 1. The zero-order valence-corrected chi connectivity index (χ0v) is 11.9. The van der Waals surface area contributed by atoms with Crippen LogP contribution in [0.1, 0.15) is 58.2 Å². The summed E-state index contributed by atoms with van der Waals surface area (Å²) in [5, 5.41) is 0. The molecule has 3 heteroatoms. The Balaban J connectivity index is 2.42. The summed E-state index contributed by atoms with van der Waals surface area (Å²) in [7, 11) is 0. The lowest BCUT2D eigenvalue weighted by Crippen LogP contribution is -2.12. The summed E-state index contributed by atoms with van der Waals surface area (Å²) in [4.78, 5) is 4.29. The Bertz CT molecular complexity index is 322. The first-order valence-corrected chi connectivity index (χ1v) is 7.01. The van der Waals surface area contributed by atoms with E-state index in [1.165, 1.54) is 25.7 Å². The average Bonchev–Trinajstić information content (AvgIpc) is 2.39. The van der Waals surface area contributed by atoms with Gasteiger partial charge in [0.2, 0.25) is 0 Å². The van der Waals surface area contributed by atoms with E-state index in [4.69, 9.17) is 10.5 Å². The van der Waals surface area contributed by atoms with Gasteiger partial charge >= 0.3 is 0 Å². The highest BCUT2D eigenvalue weighted by molar-refractivity contribution is 5.21. The minimum absolute atomic E-state index is 0.0213. The maximum Gasteiger partial charge on any atom is 0.137 e. The second-order valence-electron chi connectivity index (χ2n) is 4.93. The van der Waals surface area contributed by atoms with Crippen LogP contribution in [0.15, 0.2) is 18.3 Å². The Labute approximate surface area is 111 Å². The van der Waals surface area contributed by atoms with Crippen molar-refractivity contribution in [3.8, 4) is 5.75 Å². The highest BCUT2D eigenvalue weighted by Gasteiger charge is 2.07. The molecule has 0 bridgehead atoms. The quantitative estimate of drug-likeness (QED) is 0.765. The Hall–Kier alpha value is -1.09. The van der Waals surface area contributed by atoms with E-state index in [-0.39, 0.29) is 6.04 Å². The minimum Gasteiger partial charge on any atom is -0.492 e. The molecule has 1 heterocycles. The third kappa shape index (κ3) is 5.05. The molecular weight excluding hydrogens is 224 g/mol. The van der Waals surface area contributed by atoms with Crippen LogP contribution in [0.4, 0.5) is 0 Å². The summed E-state index contributed by atoms with van der Waals surface area (Å²) in [6, 6.07) is 3.87. The topological polar surface area (TPSA) is 48.1 Å². The van der Waals surface area contributed by atoms with Crippen LogP contribution in [0.5, 0.6) is 5.75 Å². The van der Waals surface area contributed by atoms with Gasteiger partial charge in [0.25, 0.3) is 0 Å². The van der Waals surface area contributed by atoms with Gasteiger partial charge in [0.1, 0.15) is 5.75 Å². The van der Waals surface area contributed by atoms with Crippen molar-refractivity contribution in [1.29, 1.82) is 0 Å². The monoisotopic (exact) mass is 250 g/mol. The maximum atomic E-state index is 5.79. The van der Waals surface area contributed by atoms with Crippen molar-refractivity contribution < 1.29 is 4.74 Å². The zero-order valence-electron chi connectivity index (χ0n) is 11.9. The van der Waals surface area contributed by atoms with Crippen LogP contribution in [-0.2, 0) is 0 Å². The number of hydrogen-bond acceptors (Lipinski definition) is 3. The van der Waals surface area contributed by atoms with Crippen molar-refractivity contribution in [2.75, 3.05) is 6.61 Å². The molecular formula is C15H26N2O. The Morgan fingerprint density at radius 3 is 2.61 bits per heavy atom. The smallest absolute Gasteiger partial charge is 0.137 e. The minimum atomic E-state index is -0.0213. The summed E-state index contributed by atoms with van der Waals surface area (Å²) in [6.45, 7) is 7.17. The van der Waals surface area contributed by atoms with Crippen molar-refractivity contribution in [1.82, 2.24) is 4.98 Å². The number of unbranched alkanes of at least 4 members (excludes halogenated alkanes) is 1. The third-order valence-electron chi connectivity index (χ3n) is 3.25. The molecule has 0 fully saturated rings. The Kier molecular flexibility index (Phi) is 6.73. The molecule has 0 aliphatic heterocycles. The Morgan fingerprint density at radius 2 is 2.11 bits per heavy atom. The molecule has 0 aliphatic carbocycles. The summed E-state index contributed by atoms with van der Waals surface area (Å²) in [6.07, 6.45) is 6.72. The van der Waals surface area contributed by atoms with E-state index in [1.54, 1.807) is 6.20 Å². The van der Waals surface area contributed by atoms with Gasteiger partial charge in [0.05, 0.1) is 18.5 Å². The van der Waals surface area contributed by atoms with Crippen molar-refractivity contribution in [2.45, 2.75) is 52.5 Å². The van der Waals surface area contributed by atoms with Crippen LogP contribution in [0.2, 0.25) is 0 Å². The second kappa shape index (κ2) is 8.09. The molecule has 0 spiro atoms. The van der Waals surface area contributed by atoms with Crippen LogP contribution in [0.3, 0.4) is 0 Å². The van der Waals surface area contributed by atoms with Crippen molar-refractivity contribution >= 4 is 0 Å². The van der Waals surface area contributed by atoms with Crippen molar-refractivity contribution in [3.05, 3.63) is 24.0 Å². The molecule has 1 rings (SSSR count). The lowest BCUT2D eigenvalue weighted by atomic mass is 10.0. The van der Waals surface area contributed by atoms with E-state index in [0.29, 0.717) is 5.92 Å². The van der Waals surface area contributed by atoms with Crippen molar-refractivity contribution in [3.63, 3.8) is 0 Å². The van der Waals surface area contributed by atoms with Gasteiger partial charge in [-0.3, -0.25) is 4.98 Å². The predicted molar refractivity (Wildman–Crippen MR) is 75.6 cm³/mol. The predicted octanol–water partition coefficient (Wildman–Crippen LogP) is 3.70. The first-order valence-electron chi connectivity index (χ1n) is 7.01. The van der Waals surface area contributed by atoms with Crippen LogP contribution in [0, 0.1) is 5.92 Å². The third-order valence-corrected chi connectivity index (χ3v) is 3.25. The molecule has 102 valence electrons. The lowest BCUT2D eigenvalue weighted by Gasteiger charge is -2.15. The summed E-state index contributed by atoms with van der Waals surface area (Å²) in [5.74, 6) is 1.49. The van der Waals surface area contributed by atoms with Gasteiger partial charge in [-0.05, 0) is 31.4 Å². The molecule has 0 saturated carbocycles. The molecule has 2 atom stereocenters. The van der Waals surface area contributed by atoms with Crippen LogP contribution >= 0.6 is 0 Å². The fourth-order valence-electron chi connectivity index (χ4n) is 1.86. The lowest BCUT2D eigenvalue weighted by molar-refractivity contribution is 0.232. The van der Waals surface area contributed by atoms with E-state index in [2.05, 4.69) is 18.8 Å². The molecule has 1 unspecified atom stereocenters.